The third-order valence-electron chi connectivity index (χ3n) is 3.99. The molecule has 1 fully saturated rings. The summed E-state index contributed by atoms with van der Waals surface area (Å²) in [7, 11) is 0. The summed E-state index contributed by atoms with van der Waals surface area (Å²) >= 11 is 6.06. The highest BCUT2D eigenvalue weighted by atomic mass is 35.5. The van der Waals surface area contributed by atoms with Gasteiger partial charge in [-0.25, -0.2) is 4.98 Å². The van der Waals surface area contributed by atoms with Gasteiger partial charge in [-0.15, -0.1) is 0 Å². The van der Waals surface area contributed by atoms with E-state index in [-0.39, 0.29) is 16.5 Å². The third-order valence-corrected chi connectivity index (χ3v) is 4.26. The lowest BCUT2D eigenvalue weighted by molar-refractivity contribution is 0.1000. The zero-order chi connectivity index (χ0) is 16.9. The van der Waals surface area contributed by atoms with E-state index in [4.69, 9.17) is 26.8 Å². The van der Waals surface area contributed by atoms with Crippen molar-refractivity contribution in [3.05, 3.63) is 47.1 Å². The number of amides is 1. The summed E-state index contributed by atoms with van der Waals surface area (Å²) in [5.41, 5.74) is 5.43. The summed E-state index contributed by atoms with van der Waals surface area (Å²) in [5.74, 6) is 1.06. The largest absolute Gasteiger partial charge is 0.490 e. The monoisotopic (exact) mass is 346 g/mol. The van der Waals surface area contributed by atoms with Gasteiger partial charge in [0.05, 0.1) is 11.7 Å². The molecule has 2 aromatic rings. The number of carbonyl (C=O) groups excluding carboxylic acids is 1. The van der Waals surface area contributed by atoms with Gasteiger partial charge >= 0.3 is 0 Å². The van der Waals surface area contributed by atoms with Crippen LogP contribution in [0, 0.1) is 0 Å². The molecule has 1 aromatic carbocycles. The van der Waals surface area contributed by atoms with Crippen molar-refractivity contribution in [3.8, 4) is 17.4 Å². The number of pyridine rings is 1. The van der Waals surface area contributed by atoms with Crippen LogP contribution in [0.15, 0.2) is 36.5 Å². The molecule has 1 aliphatic rings. The average Bonchev–Trinajstić information content (AvgIpc) is 2.59. The lowest BCUT2D eigenvalue weighted by Gasteiger charge is -2.23. The van der Waals surface area contributed by atoms with Gasteiger partial charge in [0.25, 0.3) is 0 Å². The second-order valence-corrected chi connectivity index (χ2v) is 6.23. The Morgan fingerprint density at radius 2 is 1.79 bits per heavy atom. The summed E-state index contributed by atoms with van der Waals surface area (Å²) < 4.78 is 11.6. The van der Waals surface area contributed by atoms with Crippen molar-refractivity contribution in [2.75, 3.05) is 0 Å². The minimum absolute atomic E-state index is 0.225. The van der Waals surface area contributed by atoms with Crippen LogP contribution in [0.2, 0.25) is 5.02 Å². The first kappa shape index (κ1) is 16.6. The van der Waals surface area contributed by atoms with Crippen LogP contribution in [-0.2, 0) is 0 Å². The van der Waals surface area contributed by atoms with Crippen molar-refractivity contribution in [3.63, 3.8) is 0 Å². The van der Waals surface area contributed by atoms with Gasteiger partial charge in [0.15, 0.2) is 0 Å². The molecule has 6 heteroatoms. The maximum Gasteiger partial charge on any atom is 0.250 e. The zero-order valence-corrected chi connectivity index (χ0v) is 14.0. The van der Waals surface area contributed by atoms with Crippen molar-refractivity contribution >= 4 is 17.5 Å². The Kier molecular flexibility index (Phi) is 5.20. The highest BCUT2D eigenvalue weighted by molar-refractivity contribution is 6.32. The molecule has 126 valence electrons. The van der Waals surface area contributed by atoms with Gasteiger partial charge in [-0.2, -0.15) is 0 Å². The standard InChI is InChI=1S/C18H19ClN2O3/c19-16-10-12(17(20)22)11-21-18(16)24-15-8-6-14(7-9-15)23-13-4-2-1-3-5-13/h6-11,13H,1-5H2,(H2,20,22). The van der Waals surface area contributed by atoms with Crippen LogP contribution < -0.4 is 15.2 Å². The highest BCUT2D eigenvalue weighted by Crippen LogP contribution is 2.30. The normalized spacial score (nSPS) is 15.0. The number of nitrogens with two attached hydrogens (primary N) is 1. The predicted octanol–water partition coefficient (Wildman–Crippen LogP) is 4.34. The number of ether oxygens (including phenoxy) is 2. The molecule has 5 nitrogen and oxygen atoms in total. The van der Waals surface area contributed by atoms with Gasteiger partial charge in [-0.05, 0) is 56.0 Å². The van der Waals surface area contributed by atoms with Gasteiger partial charge in [0.1, 0.15) is 16.5 Å². The van der Waals surface area contributed by atoms with E-state index in [1.807, 2.05) is 12.1 Å². The van der Waals surface area contributed by atoms with Gasteiger partial charge in [-0.1, -0.05) is 18.0 Å². The van der Waals surface area contributed by atoms with Gasteiger partial charge < -0.3 is 15.2 Å². The van der Waals surface area contributed by atoms with Crippen LogP contribution >= 0.6 is 11.6 Å². The number of benzene rings is 1. The maximum absolute atomic E-state index is 11.1. The first-order valence-corrected chi connectivity index (χ1v) is 8.39. The minimum Gasteiger partial charge on any atom is -0.490 e. The van der Waals surface area contributed by atoms with Gasteiger partial charge in [-0.3, -0.25) is 4.79 Å². The van der Waals surface area contributed by atoms with Crippen LogP contribution in [0.25, 0.3) is 0 Å². The van der Waals surface area contributed by atoms with E-state index in [1.54, 1.807) is 12.1 Å². The van der Waals surface area contributed by atoms with Crippen molar-refractivity contribution in [1.82, 2.24) is 4.98 Å². The lowest BCUT2D eigenvalue weighted by Crippen LogP contribution is -2.19. The van der Waals surface area contributed by atoms with Crippen molar-refractivity contribution in [1.29, 1.82) is 0 Å². The number of primary amides is 1. The number of hydrogen-bond donors (Lipinski definition) is 1. The molecule has 1 amide bonds. The van der Waals surface area contributed by atoms with E-state index >= 15 is 0 Å². The molecule has 1 heterocycles. The zero-order valence-electron chi connectivity index (χ0n) is 13.2. The van der Waals surface area contributed by atoms with Crippen LogP contribution in [0.4, 0.5) is 0 Å². The number of aromatic nitrogens is 1. The third kappa shape index (κ3) is 4.17. The summed E-state index contributed by atoms with van der Waals surface area (Å²) in [6, 6.07) is 8.79. The molecule has 2 N–H and O–H groups in total. The first-order chi connectivity index (χ1) is 11.6. The Morgan fingerprint density at radius 3 is 2.42 bits per heavy atom. The second kappa shape index (κ2) is 7.53. The van der Waals surface area contributed by atoms with Crippen LogP contribution in [0.1, 0.15) is 42.5 Å². The Hall–Kier alpha value is -2.27. The minimum atomic E-state index is -0.583. The molecule has 0 radical (unpaired) electrons. The fraction of sp³-hybridized carbons (Fsp3) is 0.333. The summed E-state index contributed by atoms with van der Waals surface area (Å²) in [6.45, 7) is 0. The molecule has 1 saturated carbocycles. The van der Waals surface area contributed by atoms with E-state index in [2.05, 4.69) is 4.98 Å². The quantitative estimate of drug-likeness (QED) is 0.873. The smallest absolute Gasteiger partial charge is 0.250 e. The fourth-order valence-corrected chi connectivity index (χ4v) is 2.91. The highest BCUT2D eigenvalue weighted by Gasteiger charge is 2.15. The fourth-order valence-electron chi connectivity index (χ4n) is 2.71. The van der Waals surface area contributed by atoms with E-state index in [1.165, 1.54) is 31.5 Å². The first-order valence-electron chi connectivity index (χ1n) is 8.02. The molecular formula is C18H19ClN2O3. The van der Waals surface area contributed by atoms with Crippen LogP contribution in [-0.4, -0.2) is 17.0 Å². The average molecular weight is 347 g/mol. The lowest BCUT2D eigenvalue weighted by atomic mass is 9.98. The Morgan fingerprint density at radius 1 is 1.12 bits per heavy atom. The second-order valence-electron chi connectivity index (χ2n) is 5.83. The summed E-state index contributed by atoms with van der Waals surface area (Å²) in [4.78, 5) is 15.1. The number of hydrogen-bond acceptors (Lipinski definition) is 4. The van der Waals surface area contributed by atoms with E-state index in [0.717, 1.165) is 18.6 Å². The van der Waals surface area contributed by atoms with Gasteiger partial charge in [0.2, 0.25) is 11.8 Å². The number of carbonyl (C=O) groups is 1. The molecule has 0 unspecified atom stereocenters. The van der Waals surface area contributed by atoms with Crippen LogP contribution in [0.3, 0.4) is 0 Å². The Balaban J connectivity index is 1.64. The molecule has 1 aliphatic carbocycles. The maximum atomic E-state index is 11.1. The number of nitrogens with zero attached hydrogens (tertiary/aromatic N) is 1. The summed E-state index contributed by atoms with van der Waals surface area (Å²) in [5, 5.41) is 0.230. The molecule has 0 spiro atoms. The Labute approximate surface area is 145 Å². The van der Waals surface area contributed by atoms with E-state index in [9.17, 15) is 4.79 Å². The molecule has 3 rings (SSSR count). The molecule has 1 aromatic heterocycles. The topological polar surface area (TPSA) is 74.4 Å². The van der Waals surface area contributed by atoms with Crippen molar-refractivity contribution in [2.24, 2.45) is 5.73 Å². The SMILES string of the molecule is NC(=O)c1cnc(Oc2ccc(OC3CCCCC3)cc2)c(Cl)c1. The molecular weight excluding hydrogens is 328 g/mol. The molecule has 0 bridgehead atoms. The molecule has 0 saturated heterocycles. The summed E-state index contributed by atoms with van der Waals surface area (Å²) in [6.07, 6.45) is 7.64. The Bertz CT molecular complexity index is 713. The van der Waals surface area contributed by atoms with Crippen LogP contribution in [0.5, 0.6) is 17.4 Å². The van der Waals surface area contributed by atoms with Crippen molar-refractivity contribution < 1.29 is 14.3 Å². The van der Waals surface area contributed by atoms with Gasteiger partial charge in [0, 0.05) is 6.20 Å². The predicted molar refractivity (Wildman–Crippen MR) is 91.8 cm³/mol. The molecule has 0 atom stereocenters. The van der Waals surface area contributed by atoms with Crippen molar-refractivity contribution in [2.45, 2.75) is 38.2 Å². The molecule has 24 heavy (non-hydrogen) atoms. The molecule has 0 aliphatic heterocycles. The van der Waals surface area contributed by atoms with E-state index in [0.29, 0.717) is 11.9 Å². The number of rotatable bonds is 5. The van der Waals surface area contributed by atoms with E-state index < -0.39 is 5.91 Å². The number of halogens is 1.